The maximum Gasteiger partial charge on any atom is 0.222 e. The smallest absolute Gasteiger partial charge is 0.222 e. The average molecular weight is 198 g/mol. The molecule has 0 atom stereocenters. The summed E-state index contributed by atoms with van der Waals surface area (Å²) in [4.78, 5) is 13.3. The molecule has 82 valence electrons. The minimum atomic E-state index is 0.245. The summed E-state index contributed by atoms with van der Waals surface area (Å²) in [7, 11) is 1.90. The van der Waals surface area contributed by atoms with Crippen LogP contribution in [0.2, 0.25) is 0 Å². The van der Waals surface area contributed by atoms with Crippen LogP contribution in [0.3, 0.4) is 0 Å². The molecular weight excluding hydrogens is 176 g/mol. The molecule has 0 radical (unpaired) electrons. The lowest BCUT2D eigenvalue weighted by molar-refractivity contribution is -0.130. The minimum Gasteiger partial charge on any atom is -0.346 e. The number of rotatable bonds is 6. The van der Waals surface area contributed by atoms with Crippen molar-refractivity contribution >= 4 is 5.91 Å². The number of hydrogen-bond donors (Lipinski definition) is 1. The third-order valence-corrected chi connectivity index (χ3v) is 3.12. The van der Waals surface area contributed by atoms with Crippen LogP contribution in [-0.2, 0) is 4.79 Å². The molecule has 1 aliphatic carbocycles. The number of carbonyl (C=O) groups is 1. The Morgan fingerprint density at radius 1 is 1.50 bits per heavy atom. The predicted octanol–water partition coefficient (Wildman–Crippen LogP) is 1.37. The van der Waals surface area contributed by atoms with E-state index in [1.165, 1.54) is 25.7 Å². The molecule has 3 heteroatoms. The molecule has 14 heavy (non-hydrogen) atoms. The van der Waals surface area contributed by atoms with Gasteiger partial charge >= 0.3 is 0 Å². The monoisotopic (exact) mass is 198 g/mol. The molecule has 0 bridgehead atoms. The summed E-state index contributed by atoms with van der Waals surface area (Å²) < 4.78 is 0. The third kappa shape index (κ3) is 3.66. The van der Waals surface area contributed by atoms with E-state index in [9.17, 15) is 4.79 Å². The molecule has 1 saturated carbocycles. The minimum absolute atomic E-state index is 0.245. The Kier molecular flexibility index (Phi) is 4.94. The van der Waals surface area contributed by atoms with Gasteiger partial charge in [-0.25, -0.2) is 0 Å². The molecule has 2 N–H and O–H groups in total. The fraction of sp³-hybridized carbons (Fsp3) is 0.909. The van der Waals surface area contributed by atoms with E-state index < -0.39 is 0 Å². The quantitative estimate of drug-likeness (QED) is 0.700. The van der Waals surface area contributed by atoms with Gasteiger partial charge in [-0.2, -0.15) is 0 Å². The van der Waals surface area contributed by atoms with Crippen LogP contribution in [0.5, 0.6) is 0 Å². The summed E-state index contributed by atoms with van der Waals surface area (Å²) in [5.74, 6) is 1.13. The van der Waals surface area contributed by atoms with E-state index in [0.29, 0.717) is 13.0 Å². The number of nitrogens with two attached hydrogens (primary N) is 1. The molecule has 0 aromatic rings. The first-order valence-electron chi connectivity index (χ1n) is 5.68. The molecule has 1 amide bonds. The molecule has 1 aliphatic rings. The predicted molar refractivity (Wildman–Crippen MR) is 57.9 cm³/mol. The molecule has 0 unspecified atom stereocenters. The van der Waals surface area contributed by atoms with Gasteiger partial charge in [0.2, 0.25) is 5.91 Å². The molecule has 1 rings (SSSR count). The second kappa shape index (κ2) is 6.02. The molecule has 0 aliphatic heterocycles. The van der Waals surface area contributed by atoms with Crippen molar-refractivity contribution in [3.8, 4) is 0 Å². The standard InChI is InChI=1S/C11H22N2O/c1-13(11(14)6-3-8-12)9-7-10-4-2-5-10/h10H,2-9,12H2,1H3. The Balaban J connectivity index is 2.06. The molecule has 0 spiro atoms. The molecule has 3 nitrogen and oxygen atoms in total. The van der Waals surface area contributed by atoms with Gasteiger partial charge in [0.1, 0.15) is 0 Å². The van der Waals surface area contributed by atoms with E-state index in [0.717, 1.165) is 18.9 Å². The fourth-order valence-corrected chi connectivity index (χ4v) is 1.73. The van der Waals surface area contributed by atoms with E-state index >= 15 is 0 Å². The normalized spacial score (nSPS) is 16.4. The van der Waals surface area contributed by atoms with Crippen LogP contribution >= 0.6 is 0 Å². The molecule has 0 aromatic heterocycles. The summed E-state index contributed by atoms with van der Waals surface area (Å²) in [6.07, 6.45) is 6.72. The van der Waals surface area contributed by atoms with E-state index in [4.69, 9.17) is 5.73 Å². The Morgan fingerprint density at radius 3 is 2.71 bits per heavy atom. The topological polar surface area (TPSA) is 46.3 Å². The SMILES string of the molecule is CN(CCC1CCC1)C(=O)CCCN. The van der Waals surface area contributed by atoms with Crippen LogP contribution in [0, 0.1) is 5.92 Å². The van der Waals surface area contributed by atoms with Gasteiger partial charge < -0.3 is 10.6 Å². The van der Waals surface area contributed by atoms with E-state index in [1.54, 1.807) is 0 Å². The van der Waals surface area contributed by atoms with Crippen molar-refractivity contribution in [2.75, 3.05) is 20.1 Å². The van der Waals surface area contributed by atoms with Crippen molar-refractivity contribution in [1.82, 2.24) is 4.90 Å². The van der Waals surface area contributed by atoms with Crippen molar-refractivity contribution in [3.63, 3.8) is 0 Å². The van der Waals surface area contributed by atoms with Gasteiger partial charge in [-0.05, 0) is 25.3 Å². The molecule has 1 fully saturated rings. The Labute approximate surface area is 86.6 Å². The van der Waals surface area contributed by atoms with Crippen LogP contribution in [-0.4, -0.2) is 30.9 Å². The molecule has 0 heterocycles. The first-order valence-corrected chi connectivity index (χ1v) is 5.68. The van der Waals surface area contributed by atoms with Gasteiger partial charge in [0.05, 0.1) is 0 Å². The van der Waals surface area contributed by atoms with Crippen LogP contribution in [0.25, 0.3) is 0 Å². The van der Waals surface area contributed by atoms with E-state index in [-0.39, 0.29) is 5.91 Å². The third-order valence-electron chi connectivity index (χ3n) is 3.12. The molecule has 0 aromatic carbocycles. The molecular formula is C11H22N2O. The summed E-state index contributed by atoms with van der Waals surface area (Å²) in [6.45, 7) is 1.54. The van der Waals surface area contributed by atoms with Crippen LogP contribution < -0.4 is 5.73 Å². The Bertz CT molecular complexity index is 178. The lowest BCUT2D eigenvalue weighted by Crippen LogP contribution is -2.30. The zero-order valence-corrected chi connectivity index (χ0v) is 9.17. The van der Waals surface area contributed by atoms with Crippen molar-refractivity contribution in [2.24, 2.45) is 11.7 Å². The van der Waals surface area contributed by atoms with Gasteiger partial charge in [-0.1, -0.05) is 19.3 Å². The summed E-state index contributed by atoms with van der Waals surface area (Å²) in [5, 5.41) is 0. The maximum atomic E-state index is 11.5. The summed E-state index contributed by atoms with van der Waals surface area (Å²) in [6, 6.07) is 0. The van der Waals surface area contributed by atoms with Gasteiger partial charge in [0.15, 0.2) is 0 Å². The second-order valence-electron chi connectivity index (χ2n) is 4.29. The van der Waals surface area contributed by atoms with Gasteiger partial charge in [0.25, 0.3) is 0 Å². The van der Waals surface area contributed by atoms with Crippen molar-refractivity contribution in [1.29, 1.82) is 0 Å². The lowest BCUT2D eigenvalue weighted by atomic mass is 9.83. The van der Waals surface area contributed by atoms with Crippen molar-refractivity contribution in [3.05, 3.63) is 0 Å². The lowest BCUT2D eigenvalue weighted by Gasteiger charge is -2.27. The highest BCUT2D eigenvalue weighted by Gasteiger charge is 2.18. The largest absolute Gasteiger partial charge is 0.346 e. The summed E-state index contributed by atoms with van der Waals surface area (Å²) >= 11 is 0. The van der Waals surface area contributed by atoms with Gasteiger partial charge in [0, 0.05) is 20.0 Å². The number of hydrogen-bond acceptors (Lipinski definition) is 2. The van der Waals surface area contributed by atoms with Crippen molar-refractivity contribution in [2.45, 2.75) is 38.5 Å². The number of carbonyl (C=O) groups excluding carboxylic acids is 1. The van der Waals surface area contributed by atoms with Crippen molar-refractivity contribution < 1.29 is 4.79 Å². The average Bonchev–Trinajstić information content (AvgIpc) is 2.11. The summed E-state index contributed by atoms with van der Waals surface area (Å²) in [5.41, 5.74) is 5.36. The Morgan fingerprint density at radius 2 is 2.21 bits per heavy atom. The molecule has 0 saturated heterocycles. The van der Waals surface area contributed by atoms with Crippen LogP contribution in [0.4, 0.5) is 0 Å². The maximum absolute atomic E-state index is 11.5. The van der Waals surface area contributed by atoms with Gasteiger partial charge in [-0.3, -0.25) is 4.79 Å². The zero-order valence-electron chi connectivity index (χ0n) is 9.17. The second-order valence-corrected chi connectivity index (χ2v) is 4.29. The fourth-order valence-electron chi connectivity index (χ4n) is 1.73. The highest BCUT2D eigenvalue weighted by molar-refractivity contribution is 5.75. The first-order chi connectivity index (χ1) is 6.74. The van der Waals surface area contributed by atoms with Crippen LogP contribution in [0.1, 0.15) is 38.5 Å². The van der Waals surface area contributed by atoms with E-state index in [2.05, 4.69) is 0 Å². The van der Waals surface area contributed by atoms with Gasteiger partial charge in [-0.15, -0.1) is 0 Å². The first kappa shape index (κ1) is 11.5. The highest BCUT2D eigenvalue weighted by Crippen LogP contribution is 2.29. The van der Waals surface area contributed by atoms with E-state index in [1.807, 2.05) is 11.9 Å². The number of nitrogens with zero attached hydrogens (tertiary/aromatic N) is 1. The van der Waals surface area contributed by atoms with Crippen LogP contribution in [0.15, 0.2) is 0 Å². The highest BCUT2D eigenvalue weighted by atomic mass is 16.2. The number of amides is 1. The zero-order chi connectivity index (χ0) is 10.4. The Hall–Kier alpha value is -0.570.